The van der Waals surface area contributed by atoms with Crippen molar-refractivity contribution in [1.29, 1.82) is 0 Å². The van der Waals surface area contributed by atoms with Crippen molar-refractivity contribution >= 4 is 44.0 Å². The molecule has 2 unspecified atom stereocenters. The molecule has 3 fully saturated rings. The number of nitrogens with zero attached hydrogens (tertiary/aromatic N) is 4. The number of likely N-dealkylation sites (tertiary alicyclic amines) is 1. The molecule has 0 bridgehead atoms. The molecule has 3 heterocycles. The van der Waals surface area contributed by atoms with Crippen LogP contribution < -0.4 is 0 Å². The van der Waals surface area contributed by atoms with Crippen LogP contribution in [0.5, 0.6) is 0 Å². The maximum Gasteiger partial charge on any atom is 0.273 e. The zero-order chi connectivity index (χ0) is 24.5. The number of fused-ring (bicyclic) bond motifs is 2. The van der Waals surface area contributed by atoms with Crippen molar-refractivity contribution in [1.82, 2.24) is 19.6 Å². The van der Waals surface area contributed by atoms with Crippen LogP contribution in [0.3, 0.4) is 0 Å². The van der Waals surface area contributed by atoms with Crippen molar-refractivity contribution in [2.45, 2.75) is 35.4 Å². The molecule has 0 radical (unpaired) electrons. The zero-order valence-corrected chi connectivity index (χ0v) is 21.0. The molecule has 2 saturated heterocycles. The Morgan fingerprint density at radius 3 is 2.49 bits per heavy atom. The summed E-state index contributed by atoms with van der Waals surface area (Å²) in [4.78, 5) is 33.9. The lowest BCUT2D eigenvalue weighted by Gasteiger charge is -2.36. The minimum atomic E-state index is -3.59. The lowest BCUT2D eigenvalue weighted by Crippen LogP contribution is -2.48. The largest absolute Gasteiger partial charge is 0.361 e. The third kappa shape index (κ3) is 3.85. The molecule has 1 aliphatic carbocycles. The van der Waals surface area contributed by atoms with Gasteiger partial charge in [0.2, 0.25) is 5.91 Å². The van der Waals surface area contributed by atoms with Gasteiger partial charge in [-0.1, -0.05) is 23.7 Å². The maximum absolute atomic E-state index is 13.2. The summed E-state index contributed by atoms with van der Waals surface area (Å²) in [6.45, 7) is 2.41. The number of piperidine rings is 1. The summed E-state index contributed by atoms with van der Waals surface area (Å²) in [5.41, 5.74) is 0.744. The van der Waals surface area contributed by atoms with Crippen LogP contribution in [-0.2, 0) is 19.4 Å². The molecule has 4 aliphatic rings. The van der Waals surface area contributed by atoms with Crippen LogP contribution in [0, 0.1) is 5.92 Å². The highest BCUT2D eigenvalue weighted by atomic mass is 35.5. The topological polar surface area (TPSA) is 81.2 Å². The molecule has 2 aromatic carbocycles. The van der Waals surface area contributed by atoms with E-state index in [9.17, 15) is 18.0 Å². The monoisotopic (exact) mass is 514 g/mol. The van der Waals surface area contributed by atoms with E-state index >= 15 is 0 Å². The van der Waals surface area contributed by atoms with E-state index in [0.29, 0.717) is 44.0 Å². The van der Waals surface area contributed by atoms with Gasteiger partial charge in [0.05, 0.1) is 29.4 Å². The maximum atomic E-state index is 13.2. The van der Waals surface area contributed by atoms with Gasteiger partial charge in [0.25, 0.3) is 5.91 Å². The van der Waals surface area contributed by atoms with Crippen LogP contribution in [0.1, 0.15) is 19.3 Å². The van der Waals surface area contributed by atoms with Gasteiger partial charge < -0.3 is 19.6 Å². The van der Waals surface area contributed by atoms with Crippen LogP contribution in [-0.4, -0.2) is 84.6 Å². The average Bonchev–Trinajstić information content (AvgIpc) is 3.50. The number of carbonyl (C=O) groups excluding carboxylic acids is 2. The van der Waals surface area contributed by atoms with Gasteiger partial charge >= 0.3 is 0 Å². The Morgan fingerprint density at radius 2 is 1.74 bits per heavy atom. The molecular formula is C25H27ClN4O4S. The van der Waals surface area contributed by atoms with Crippen molar-refractivity contribution in [3.63, 3.8) is 0 Å². The molecule has 2 aromatic rings. The molecule has 35 heavy (non-hydrogen) atoms. The number of carbonyl (C=O) groups is 2. The summed E-state index contributed by atoms with van der Waals surface area (Å²) in [6, 6.07) is 10.5. The van der Waals surface area contributed by atoms with Crippen LogP contribution in [0.2, 0.25) is 5.02 Å². The molecule has 3 aliphatic heterocycles. The van der Waals surface area contributed by atoms with Crippen LogP contribution in [0.4, 0.5) is 0 Å². The van der Waals surface area contributed by atoms with E-state index in [4.69, 9.17) is 11.6 Å². The fraction of sp³-hybridized carbons (Fsp3) is 0.440. The number of rotatable bonds is 4. The Hall–Kier alpha value is -2.78. The van der Waals surface area contributed by atoms with Crippen molar-refractivity contribution < 1.29 is 18.0 Å². The fourth-order valence-electron chi connectivity index (χ4n) is 5.62. The third-order valence-electron chi connectivity index (χ3n) is 7.65. The van der Waals surface area contributed by atoms with E-state index in [1.807, 2.05) is 23.0 Å². The van der Waals surface area contributed by atoms with Crippen molar-refractivity contribution in [2.75, 3.05) is 33.5 Å². The summed E-state index contributed by atoms with van der Waals surface area (Å²) in [5.74, 6) is -0.510. The molecule has 6 rings (SSSR count). The Labute approximate surface area is 209 Å². The second kappa shape index (κ2) is 8.13. The summed E-state index contributed by atoms with van der Waals surface area (Å²) in [7, 11) is -1.64. The number of sulfone groups is 1. The Bertz CT molecular complexity index is 1370. The molecule has 1 saturated carbocycles. The van der Waals surface area contributed by atoms with Gasteiger partial charge in [0, 0.05) is 37.4 Å². The number of halogens is 1. The average molecular weight is 515 g/mol. The fourth-order valence-corrected chi connectivity index (χ4v) is 7.71. The first kappa shape index (κ1) is 22.7. The first-order valence-electron chi connectivity index (χ1n) is 11.9. The molecule has 0 N–H and O–H groups in total. The van der Waals surface area contributed by atoms with Gasteiger partial charge in [-0.25, -0.2) is 8.42 Å². The number of hydrogen-bond acceptors (Lipinski definition) is 6. The lowest BCUT2D eigenvalue weighted by molar-refractivity contribution is -0.135. The Kier molecular flexibility index (Phi) is 5.27. The third-order valence-corrected chi connectivity index (χ3v) is 10.1. The molecule has 184 valence electrons. The van der Waals surface area contributed by atoms with E-state index in [-0.39, 0.29) is 22.8 Å². The highest BCUT2D eigenvalue weighted by molar-refractivity contribution is 7.92. The van der Waals surface area contributed by atoms with Gasteiger partial charge in [-0.05, 0) is 54.3 Å². The van der Waals surface area contributed by atoms with Crippen LogP contribution in [0.15, 0.2) is 53.2 Å². The molecular weight excluding hydrogens is 488 g/mol. The second-order valence-electron chi connectivity index (χ2n) is 10.0. The smallest absolute Gasteiger partial charge is 0.273 e. The second-order valence-corrected chi connectivity index (χ2v) is 12.6. The highest BCUT2D eigenvalue weighted by Gasteiger charge is 2.53. The Balaban J connectivity index is 1.08. The zero-order valence-electron chi connectivity index (χ0n) is 19.4. The van der Waals surface area contributed by atoms with Gasteiger partial charge in [0.15, 0.2) is 9.84 Å². The van der Waals surface area contributed by atoms with E-state index in [1.54, 1.807) is 41.3 Å². The lowest BCUT2D eigenvalue weighted by atomic mass is 10.0. The molecule has 0 aromatic heterocycles. The SMILES string of the molecule is CN1C=C2C(=O)N(C3CCN(C(=O)C4CC4S(=O)(=O)c4ccc5cc(Cl)ccc5c4)CC3)CN2C1. The molecule has 0 spiro atoms. The van der Waals surface area contributed by atoms with Crippen LogP contribution >= 0.6 is 11.6 Å². The standard InChI is InChI=1S/C25H27ClN4O4S/c1-27-13-22-25(32)30(15-29(22)14-27)19-6-8-28(9-7-19)24(31)21-12-23(21)35(33,34)20-5-3-16-10-18(26)4-2-17(16)11-20/h2-5,10-11,13,19,21,23H,6-9,12,14-15H2,1H3. The molecule has 2 amide bonds. The quantitative estimate of drug-likeness (QED) is 0.623. The summed E-state index contributed by atoms with van der Waals surface area (Å²) >= 11 is 6.03. The van der Waals surface area contributed by atoms with E-state index < -0.39 is 21.0 Å². The number of benzene rings is 2. The normalized spacial score (nSPS) is 24.9. The van der Waals surface area contributed by atoms with Gasteiger partial charge in [0.1, 0.15) is 5.70 Å². The van der Waals surface area contributed by atoms with E-state index in [1.165, 1.54) is 0 Å². The van der Waals surface area contributed by atoms with E-state index in [0.717, 1.165) is 23.1 Å². The summed E-state index contributed by atoms with van der Waals surface area (Å²) < 4.78 is 26.5. The van der Waals surface area contributed by atoms with Crippen molar-refractivity contribution in [3.05, 3.63) is 53.3 Å². The molecule has 10 heteroatoms. The summed E-state index contributed by atoms with van der Waals surface area (Å²) in [6.07, 6.45) is 3.68. The van der Waals surface area contributed by atoms with Gasteiger partial charge in [-0.2, -0.15) is 0 Å². The first-order chi connectivity index (χ1) is 16.7. The predicted octanol–water partition coefficient (Wildman–Crippen LogP) is 2.49. The Morgan fingerprint density at radius 1 is 1.03 bits per heavy atom. The number of amides is 2. The highest BCUT2D eigenvalue weighted by Crippen LogP contribution is 2.43. The van der Waals surface area contributed by atoms with Gasteiger partial charge in [-0.15, -0.1) is 0 Å². The van der Waals surface area contributed by atoms with Crippen LogP contribution in [0.25, 0.3) is 10.8 Å². The molecule has 8 nitrogen and oxygen atoms in total. The van der Waals surface area contributed by atoms with Gasteiger partial charge in [-0.3, -0.25) is 9.59 Å². The summed E-state index contributed by atoms with van der Waals surface area (Å²) in [5, 5.41) is 1.61. The predicted molar refractivity (Wildman–Crippen MR) is 132 cm³/mol. The minimum Gasteiger partial charge on any atom is -0.361 e. The number of hydrogen-bond donors (Lipinski definition) is 0. The minimum absolute atomic E-state index is 0.0603. The van der Waals surface area contributed by atoms with E-state index in [2.05, 4.69) is 4.90 Å². The first-order valence-corrected chi connectivity index (χ1v) is 13.8. The van der Waals surface area contributed by atoms with Crippen molar-refractivity contribution in [3.8, 4) is 0 Å². The molecule has 2 atom stereocenters. The van der Waals surface area contributed by atoms with Crippen molar-refractivity contribution in [2.24, 2.45) is 5.92 Å².